The van der Waals surface area contributed by atoms with E-state index in [1.165, 1.54) is 30.4 Å². The van der Waals surface area contributed by atoms with Gasteiger partial charge in [-0.05, 0) is 32.9 Å². The molecule has 0 N–H and O–H groups in total. The van der Waals surface area contributed by atoms with E-state index >= 15 is 0 Å². The zero-order valence-electron chi connectivity index (χ0n) is 12.3. The van der Waals surface area contributed by atoms with Gasteiger partial charge in [0.25, 0.3) is 0 Å². The molecule has 0 aromatic heterocycles. The van der Waals surface area contributed by atoms with E-state index in [1.807, 2.05) is 13.8 Å². The molecule has 0 aliphatic rings. The highest BCUT2D eigenvalue weighted by molar-refractivity contribution is 7.89. The van der Waals surface area contributed by atoms with Gasteiger partial charge >= 0.3 is 0 Å². The first-order valence-corrected chi connectivity index (χ1v) is 7.88. The zero-order valence-corrected chi connectivity index (χ0v) is 13.1. The topological polar surface area (TPSA) is 63.7 Å². The summed E-state index contributed by atoms with van der Waals surface area (Å²) in [4.78, 5) is 11.4. The Morgan fingerprint density at radius 2 is 2.00 bits per heavy atom. The highest BCUT2D eigenvalue weighted by Crippen LogP contribution is 2.16. The van der Waals surface area contributed by atoms with Crippen molar-refractivity contribution in [3.63, 3.8) is 0 Å². The minimum atomic E-state index is -3.59. The molecule has 5 nitrogen and oxygen atoms in total. The number of rotatable bonds is 7. The summed E-state index contributed by atoms with van der Waals surface area (Å²) >= 11 is 0. The number of carbonyl (C=O) groups is 1. The molecule has 0 bridgehead atoms. The summed E-state index contributed by atoms with van der Waals surface area (Å²) in [5.74, 6) is -0.159. The van der Waals surface area contributed by atoms with Gasteiger partial charge in [-0.1, -0.05) is 12.1 Å². The van der Waals surface area contributed by atoms with Gasteiger partial charge in [0.05, 0.1) is 17.6 Å². The standard InChI is InChI=1S/C14H21NO4S/c1-11(2)19-9-8-15(4)20(17,18)14-7-5-6-13(10-14)12(3)16/h5-7,10-11H,8-9H2,1-4H3. The van der Waals surface area contributed by atoms with Crippen molar-refractivity contribution >= 4 is 15.8 Å². The molecular weight excluding hydrogens is 278 g/mol. The number of Topliss-reactive ketones (excluding diaryl/α,β-unsaturated/α-hetero) is 1. The third kappa shape index (κ3) is 4.40. The number of ketones is 1. The molecule has 1 aromatic rings. The average molecular weight is 299 g/mol. The van der Waals surface area contributed by atoms with Crippen LogP contribution in [0.5, 0.6) is 0 Å². The Hall–Kier alpha value is -1.24. The van der Waals surface area contributed by atoms with E-state index in [4.69, 9.17) is 4.74 Å². The molecule has 0 amide bonds. The number of benzene rings is 1. The fraction of sp³-hybridized carbons (Fsp3) is 0.500. The van der Waals surface area contributed by atoms with E-state index in [2.05, 4.69) is 0 Å². The third-order valence-electron chi connectivity index (χ3n) is 2.81. The van der Waals surface area contributed by atoms with Crippen LogP contribution in [-0.4, -0.2) is 44.8 Å². The van der Waals surface area contributed by atoms with Crippen LogP contribution in [0.25, 0.3) is 0 Å². The maximum absolute atomic E-state index is 12.3. The van der Waals surface area contributed by atoms with Gasteiger partial charge < -0.3 is 4.74 Å². The van der Waals surface area contributed by atoms with Crippen molar-refractivity contribution < 1.29 is 17.9 Å². The lowest BCUT2D eigenvalue weighted by Gasteiger charge is -2.18. The van der Waals surface area contributed by atoms with Gasteiger partial charge in [0, 0.05) is 19.2 Å². The van der Waals surface area contributed by atoms with Crippen molar-refractivity contribution in [1.29, 1.82) is 0 Å². The molecule has 0 saturated carbocycles. The van der Waals surface area contributed by atoms with Gasteiger partial charge in [0.2, 0.25) is 10.0 Å². The largest absolute Gasteiger partial charge is 0.377 e. The summed E-state index contributed by atoms with van der Waals surface area (Å²) in [6.07, 6.45) is 0.0622. The van der Waals surface area contributed by atoms with Gasteiger partial charge in [-0.15, -0.1) is 0 Å². The minimum absolute atomic E-state index is 0.0622. The Morgan fingerprint density at radius 1 is 1.35 bits per heavy atom. The number of nitrogens with zero attached hydrogens (tertiary/aromatic N) is 1. The van der Waals surface area contributed by atoms with Crippen LogP contribution >= 0.6 is 0 Å². The molecule has 0 heterocycles. The van der Waals surface area contributed by atoms with Crippen molar-refractivity contribution in [3.8, 4) is 0 Å². The van der Waals surface area contributed by atoms with Gasteiger partial charge in [0.15, 0.2) is 5.78 Å². The van der Waals surface area contributed by atoms with E-state index in [1.54, 1.807) is 12.1 Å². The van der Waals surface area contributed by atoms with Crippen LogP contribution in [0.15, 0.2) is 29.2 Å². The first kappa shape index (κ1) is 16.8. The van der Waals surface area contributed by atoms with Gasteiger partial charge in [0.1, 0.15) is 0 Å². The molecule has 0 atom stereocenters. The molecule has 0 unspecified atom stereocenters. The van der Waals surface area contributed by atoms with Crippen LogP contribution in [0.3, 0.4) is 0 Å². The number of likely N-dealkylation sites (N-methyl/N-ethyl adjacent to an activating group) is 1. The van der Waals surface area contributed by atoms with E-state index < -0.39 is 10.0 Å². The monoisotopic (exact) mass is 299 g/mol. The molecule has 0 saturated heterocycles. The van der Waals surface area contributed by atoms with Gasteiger partial charge in [-0.25, -0.2) is 8.42 Å². The van der Waals surface area contributed by atoms with Crippen molar-refractivity contribution in [2.75, 3.05) is 20.2 Å². The Bertz CT molecular complexity index is 566. The zero-order chi connectivity index (χ0) is 15.3. The molecule has 20 heavy (non-hydrogen) atoms. The highest BCUT2D eigenvalue weighted by Gasteiger charge is 2.21. The van der Waals surface area contributed by atoms with Crippen LogP contribution in [-0.2, 0) is 14.8 Å². The molecule has 0 aliphatic heterocycles. The van der Waals surface area contributed by atoms with E-state index in [0.29, 0.717) is 12.2 Å². The maximum Gasteiger partial charge on any atom is 0.242 e. The van der Waals surface area contributed by atoms with Crippen LogP contribution in [0.4, 0.5) is 0 Å². The second-order valence-electron chi connectivity index (χ2n) is 4.83. The Kier molecular flexibility index (Phi) is 5.86. The third-order valence-corrected chi connectivity index (χ3v) is 4.66. The molecule has 0 aliphatic carbocycles. The smallest absolute Gasteiger partial charge is 0.242 e. The molecule has 1 rings (SSSR count). The van der Waals surface area contributed by atoms with Crippen LogP contribution in [0, 0.1) is 0 Å². The van der Waals surface area contributed by atoms with Gasteiger partial charge in [-0.3, -0.25) is 4.79 Å². The number of hydrogen-bond acceptors (Lipinski definition) is 4. The summed E-state index contributed by atoms with van der Waals surface area (Å²) < 4.78 is 31.3. The fourth-order valence-electron chi connectivity index (χ4n) is 1.59. The summed E-state index contributed by atoms with van der Waals surface area (Å²) in [6, 6.07) is 6.06. The van der Waals surface area contributed by atoms with Crippen LogP contribution in [0.2, 0.25) is 0 Å². The van der Waals surface area contributed by atoms with E-state index in [0.717, 1.165) is 0 Å². The average Bonchev–Trinajstić information content (AvgIpc) is 2.38. The molecule has 1 aromatic carbocycles. The van der Waals surface area contributed by atoms with Crippen LogP contribution < -0.4 is 0 Å². The molecule has 112 valence electrons. The van der Waals surface area contributed by atoms with Crippen LogP contribution in [0.1, 0.15) is 31.1 Å². The van der Waals surface area contributed by atoms with Crippen molar-refractivity contribution in [2.45, 2.75) is 31.8 Å². The first-order valence-electron chi connectivity index (χ1n) is 6.44. The first-order chi connectivity index (χ1) is 9.25. The number of hydrogen-bond donors (Lipinski definition) is 0. The minimum Gasteiger partial charge on any atom is -0.377 e. The number of sulfonamides is 1. The summed E-state index contributed by atoms with van der Waals surface area (Å²) in [5.41, 5.74) is 0.387. The second kappa shape index (κ2) is 6.97. The quantitative estimate of drug-likeness (QED) is 0.722. The van der Waals surface area contributed by atoms with E-state index in [9.17, 15) is 13.2 Å². The normalized spacial score (nSPS) is 12.1. The molecule has 6 heteroatoms. The Labute approximate surface area is 120 Å². The highest BCUT2D eigenvalue weighted by atomic mass is 32.2. The van der Waals surface area contributed by atoms with Crippen molar-refractivity contribution in [2.24, 2.45) is 0 Å². The molecule has 0 radical (unpaired) electrons. The predicted molar refractivity (Wildman–Crippen MR) is 77.4 cm³/mol. The Balaban J connectivity index is 2.87. The van der Waals surface area contributed by atoms with Crippen molar-refractivity contribution in [1.82, 2.24) is 4.31 Å². The lowest BCUT2D eigenvalue weighted by atomic mass is 10.2. The fourth-order valence-corrected chi connectivity index (χ4v) is 2.79. The summed E-state index contributed by atoms with van der Waals surface area (Å²) in [6.45, 7) is 5.80. The SMILES string of the molecule is CC(=O)c1cccc(S(=O)(=O)N(C)CCOC(C)C)c1. The second-order valence-corrected chi connectivity index (χ2v) is 6.88. The number of ether oxygens (including phenoxy) is 1. The molecule has 0 spiro atoms. The lowest BCUT2D eigenvalue weighted by molar-refractivity contribution is 0.0737. The van der Waals surface area contributed by atoms with E-state index in [-0.39, 0.29) is 23.3 Å². The lowest BCUT2D eigenvalue weighted by Crippen LogP contribution is -2.31. The molecular formula is C14H21NO4S. The molecule has 0 fully saturated rings. The van der Waals surface area contributed by atoms with Crippen molar-refractivity contribution in [3.05, 3.63) is 29.8 Å². The summed E-state index contributed by atoms with van der Waals surface area (Å²) in [7, 11) is -2.09. The summed E-state index contributed by atoms with van der Waals surface area (Å²) in [5, 5.41) is 0. The maximum atomic E-state index is 12.3. The van der Waals surface area contributed by atoms with Gasteiger partial charge in [-0.2, -0.15) is 4.31 Å². The Morgan fingerprint density at radius 3 is 2.55 bits per heavy atom. The number of carbonyl (C=O) groups excluding carboxylic acids is 1. The predicted octanol–water partition coefficient (Wildman–Crippen LogP) is 1.93.